The molecule has 0 heterocycles. The molecule has 0 unspecified atom stereocenters. The van der Waals surface area contributed by atoms with Crippen LogP contribution in [0.15, 0.2) is 18.2 Å². The van der Waals surface area contributed by atoms with Gasteiger partial charge in [-0.1, -0.05) is 13.8 Å². The van der Waals surface area contributed by atoms with Gasteiger partial charge in [0.1, 0.15) is 11.5 Å². The third-order valence-electron chi connectivity index (χ3n) is 4.15. The van der Waals surface area contributed by atoms with Crippen molar-refractivity contribution in [3.05, 3.63) is 23.8 Å². The summed E-state index contributed by atoms with van der Waals surface area (Å²) in [6, 6.07) is 4.47. The van der Waals surface area contributed by atoms with Gasteiger partial charge in [-0.3, -0.25) is 4.79 Å². The van der Waals surface area contributed by atoms with Gasteiger partial charge >= 0.3 is 6.61 Å². The van der Waals surface area contributed by atoms with Crippen LogP contribution in [-0.4, -0.2) is 26.2 Å². The summed E-state index contributed by atoms with van der Waals surface area (Å²) in [6.07, 6.45) is 1.20. The van der Waals surface area contributed by atoms with Crippen molar-refractivity contribution in [2.75, 3.05) is 13.7 Å². The molecule has 8 heteroatoms. The first kappa shape index (κ1) is 22.4. The fourth-order valence-electron chi connectivity index (χ4n) is 2.35. The van der Waals surface area contributed by atoms with E-state index in [0.29, 0.717) is 24.2 Å². The Morgan fingerprint density at radius 3 is 2.42 bits per heavy atom. The number of carbonyl (C=O) groups is 1. The van der Waals surface area contributed by atoms with E-state index in [1.165, 1.54) is 19.2 Å². The van der Waals surface area contributed by atoms with E-state index < -0.39 is 12.0 Å². The fourth-order valence-corrected chi connectivity index (χ4v) is 2.35. The monoisotopic (exact) mass is 366 g/mol. The van der Waals surface area contributed by atoms with Crippen LogP contribution in [0.3, 0.4) is 0 Å². The highest BCUT2D eigenvalue weighted by molar-refractivity contribution is 5.85. The zero-order valence-corrected chi connectivity index (χ0v) is 14.9. The van der Waals surface area contributed by atoms with Crippen molar-refractivity contribution in [1.82, 2.24) is 5.32 Å². The maximum Gasteiger partial charge on any atom is 0.387 e. The summed E-state index contributed by atoms with van der Waals surface area (Å²) < 4.78 is 34.5. The standard InChI is InChI=1S/C16H24F2N2O3.ClH/c1-4-16(5-2,10-19)14(21)20-9-11-8-12(22-3)6-7-13(11)23-15(17)18;/h6-8,15H,4-5,9-10,19H2,1-3H3,(H,20,21);1H. The molecule has 1 aromatic rings. The third-order valence-corrected chi connectivity index (χ3v) is 4.15. The molecule has 24 heavy (non-hydrogen) atoms. The number of carbonyl (C=O) groups excluding carboxylic acids is 1. The van der Waals surface area contributed by atoms with Crippen LogP contribution in [0.1, 0.15) is 32.3 Å². The summed E-state index contributed by atoms with van der Waals surface area (Å²) >= 11 is 0. The van der Waals surface area contributed by atoms with Gasteiger partial charge in [0.15, 0.2) is 0 Å². The lowest BCUT2D eigenvalue weighted by molar-refractivity contribution is -0.131. The van der Waals surface area contributed by atoms with Gasteiger partial charge in [-0.25, -0.2) is 0 Å². The first-order valence-corrected chi connectivity index (χ1v) is 7.52. The molecule has 0 aliphatic heterocycles. The van der Waals surface area contributed by atoms with Crippen molar-refractivity contribution in [1.29, 1.82) is 0 Å². The summed E-state index contributed by atoms with van der Waals surface area (Å²) in [6.45, 7) is 1.14. The van der Waals surface area contributed by atoms with Crippen LogP contribution in [-0.2, 0) is 11.3 Å². The van der Waals surface area contributed by atoms with E-state index in [2.05, 4.69) is 10.1 Å². The number of amides is 1. The topological polar surface area (TPSA) is 73.6 Å². The Morgan fingerprint density at radius 2 is 1.96 bits per heavy atom. The first-order valence-electron chi connectivity index (χ1n) is 7.52. The van der Waals surface area contributed by atoms with Crippen molar-refractivity contribution in [2.45, 2.75) is 39.8 Å². The van der Waals surface area contributed by atoms with Crippen molar-refractivity contribution in [2.24, 2.45) is 11.1 Å². The minimum atomic E-state index is -2.94. The zero-order chi connectivity index (χ0) is 17.5. The molecule has 0 radical (unpaired) electrons. The average molecular weight is 367 g/mol. The van der Waals surface area contributed by atoms with Crippen LogP contribution in [0.2, 0.25) is 0 Å². The molecule has 1 amide bonds. The Morgan fingerprint density at radius 1 is 1.33 bits per heavy atom. The minimum absolute atomic E-state index is 0. The van der Waals surface area contributed by atoms with Crippen molar-refractivity contribution in [3.8, 4) is 11.5 Å². The van der Waals surface area contributed by atoms with Crippen LogP contribution >= 0.6 is 12.4 Å². The SMILES string of the molecule is CCC(CC)(CN)C(=O)NCc1cc(OC)ccc1OC(F)F.Cl. The van der Waals surface area contributed by atoms with Gasteiger partial charge in [0, 0.05) is 18.7 Å². The number of nitrogens with two attached hydrogens (primary N) is 1. The van der Waals surface area contributed by atoms with Gasteiger partial charge in [0.2, 0.25) is 5.91 Å². The molecule has 0 saturated carbocycles. The largest absolute Gasteiger partial charge is 0.497 e. The zero-order valence-electron chi connectivity index (χ0n) is 14.1. The summed E-state index contributed by atoms with van der Waals surface area (Å²) in [7, 11) is 1.47. The molecule has 3 N–H and O–H groups in total. The van der Waals surface area contributed by atoms with Gasteiger partial charge in [-0.15, -0.1) is 12.4 Å². The molecule has 0 bridgehead atoms. The second-order valence-electron chi connectivity index (χ2n) is 5.23. The molecule has 0 saturated heterocycles. The first-order chi connectivity index (χ1) is 10.9. The number of hydrogen-bond acceptors (Lipinski definition) is 4. The molecular weight excluding hydrogens is 342 g/mol. The van der Waals surface area contributed by atoms with Crippen LogP contribution in [0.4, 0.5) is 8.78 Å². The number of nitrogens with one attached hydrogen (secondary N) is 1. The Balaban J connectivity index is 0.00000529. The number of methoxy groups -OCH3 is 1. The van der Waals surface area contributed by atoms with E-state index in [1.807, 2.05) is 13.8 Å². The number of hydrogen-bond donors (Lipinski definition) is 2. The molecule has 5 nitrogen and oxygen atoms in total. The summed E-state index contributed by atoms with van der Waals surface area (Å²) in [5, 5.41) is 2.76. The van der Waals surface area contributed by atoms with Crippen LogP contribution in [0, 0.1) is 5.41 Å². The maximum absolute atomic E-state index is 12.5. The second kappa shape index (κ2) is 10.3. The Labute approximate surface area is 147 Å². The highest BCUT2D eigenvalue weighted by Crippen LogP contribution is 2.28. The van der Waals surface area contributed by atoms with Gasteiger partial charge < -0.3 is 20.5 Å². The Kier molecular flexibility index (Phi) is 9.62. The number of halogens is 3. The smallest absolute Gasteiger partial charge is 0.387 e. The van der Waals surface area contributed by atoms with Crippen LogP contribution in [0.5, 0.6) is 11.5 Å². The lowest BCUT2D eigenvalue weighted by Gasteiger charge is -2.28. The van der Waals surface area contributed by atoms with Gasteiger partial charge in [0.05, 0.1) is 12.5 Å². The Hall–Kier alpha value is -1.60. The maximum atomic E-state index is 12.5. The minimum Gasteiger partial charge on any atom is -0.497 e. The number of ether oxygens (including phenoxy) is 2. The molecule has 138 valence electrons. The molecule has 1 rings (SSSR count). The molecule has 0 fully saturated rings. The molecule has 0 aliphatic rings. The molecule has 0 aliphatic carbocycles. The van der Waals surface area contributed by atoms with Gasteiger partial charge in [-0.05, 0) is 31.0 Å². The number of alkyl halides is 2. The lowest BCUT2D eigenvalue weighted by Crippen LogP contribution is -2.45. The molecule has 0 spiro atoms. The molecule has 0 atom stereocenters. The second-order valence-corrected chi connectivity index (χ2v) is 5.23. The quantitative estimate of drug-likeness (QED) is 0.704. The third kappa shape index (κ3) is 5.49. The van der Waals surface area contributed by atoms with E-state index in [0.717, 1.165) is 0 Å². The van der Waals surface area contributed by atoms with E-state index in [-0.39, 0.29) is 37.2 Å². The molecule has 0 aromatic heterocycles. The predicted octanol–water partition coefficient (Wildman–Crippen LogP) is 3.10. The highest BCUT2D eigenvalue weighted by Gasteiger charge is 2.33. The van der Waals surface area contributed by atoms with Crippen LogP contribution in [0.25, 0.3) is 0 Å². The van der Waals surface area contributed by atoms with Crippen molar-refractivity contribution < 1.29 is 23.0 Å². The highest BCUT2D eigenvalue weighted by atomic mass is 35.5. The molecular formula is C16H25ClF2N2O3. The normalized spacial score (nSPS) is 11.0. The van der Waals surface area contributed by atoms with E-state index in [1.54, 1.807) is 6.07 Å². The van der Waals surface area contributed by atoms with E-state index in [4.69, 9.17) is 10.5 Å². The average Bonchev–Trinajstić information content (AvgIpc) is 2.55. The summed E-state index contributed by atoms with van der Waals surface area (Å²) in [5.74, 6) is 0.301. The van der Waals surface area contributed by atoms with Gasteiger partial charge in [0.25, 0.3) is 0 Å². The predicted molar refractivity (Wildman–Crippen MR) is 90.8 cm³/mol. The van der Waals surface area contributed by atoms with Crippen molar-refractivity contribution in [3.63, 3.8) is 0 Å². The van der Waals surface area contributed by atoms with E-state index in [9.17, 15) is 13.6 Å². The number of benzene rings is 1. The van der Waals surface area contributed by atoms with Crippen molar-refractivity contribution >= 4 is 18.3 Å². The van der Waals surface area contributed by atoms with Crippen LogP contribution < -0.4 is 20.5 Å². The fraction of sp³-hybridized carbons (Fsp3) is 0.562. The number of rotatable bonds is 9. The lowest BCUT2D eigenvalue weighted by atomic mass is 9.81. The molecule has 1 aromatic carbocycles. The summed E-state index contributed by atoms with van der Waals surface area (Å²) in [5.41, 5.74) is 5.50. The summed E-state index contributed by atoms with van der Waals surface area (Å²) in [4.78, 5) is 12.4. The Bertz CT molecular complexity index is 518. The van der Waals surface area contributed by atoms with Gasteiger partial charge in [-0.2, -0.15) is 8.78 Å². The van der Waals surface area contributed by atoms with E-state index >= 15 is 0 Å².